The average Bonchev–Trinajstić information content (AvgIpc) is 2.57. The van der Waals surface area contributed by atoms with Gasteiger partial charge in [-0.05, 0) is 32.4 Å². The van der Waals surface area contributed by atoms with Gasteiger partial charge in [0.2, 0.25) is 0 Å². The zero-order chi connectivity index (χ0) is 12.6. The molecule has 0 bridgehead atoms. The number of benzene rings is 1. The van der Waals surface area contributed by atoms with Crippen molar-refractivity contribution in [1.29, 1.82) is 0 Å². The first-order valence-electron chi connectivity index (χ1n) is 5.29. The summed E-state index contributed by atoms with van der Waals surface area (Å²) in [5, 5.41) is 15.3. The summed E-state index contributed by atoms with van der Waals surface area (Å²) in [5.74, 6) is 0. The molecule has 0 saturated carbocycles. The van der Waals surface area contributed by atoms with Gasteiger partial charge in [-0.3, -0.25) is 10.1 Å². The standard InChI is InChI=1S/C12H13N3O2/c1-8-9(2)13-14(10(8)3)11-6-4-5-7-12(11)15(16)17/h4-7H,1-3H3. The Bertz CT molecular complexity index is 587. The molecule has 5 nitrogen and oxygen atoms in total. The van der Waals surface area contributed by atoms with Crippen LogP contribution in [-0.2, 0) is 0 Å². The van der Waals surface area contributed by atoms with Crippen LogP contribution >= 0.6 is 0 Å². The average molecular weight is 231 g/mol. The van der Waals surface area contributed by atoms with Crippen molar-refractivity contribution in [1.82, 2.24) is 9.78 Å². The first kappa shape index (κ1) is 11.3. The van der Waals surface area contributed by atoms with Crippen LogP contribution in [0.25, 0.3) is 5.69 Å². The van der Waals surface area contributed by atoms with Gasteiger partial charge in [-0.25, -0.2) is 4.68 Å². The normalized spacial score (nSPS) is 10.5. The lowest BCUT2D eigenvalue weighted by atomic mass is 10.2. The van der Waals surface area contributed by atoms with Gasteiger partial charge in [-0.1, -0.05) is 12.1 Å². The second-order valence-electron chi connectivity index (χ2n) is 3.95. The summed E-state index contributed by atoms with van der Waals surface area (Å²) in [6.07, 6.45) is 0. The quantitative estimate of drug-likeness (QED) is 0.589. The molecule has 0 saturated heterocycles. The van der Waals surface area contributed by atoms with Crippen molar-refractivity contribution in [3.05, 3.63) is 51.3 Å². The highest BCUT2D eigenvalue weighted by Crippen LogP contribution is 2.24. The predicted molar refractivity (Wildman–Crippen MR) is 64.4 cm³/mol. The minimum atomic E-state index is -0.388. The topological polar surface area (TPSA) is 61.0 Å². The molecule has 2 aromatic rings. The van der Waals surface area contributed by atoms with E-state index in [0.717, 1.165) is 17.0 Å². The SMILES string of the molecule is Cc1nn(-c2ccccc2[N+](=O)[O-])c(C)c1C. The summed E-state index contributed by atoms with van der Waals surface area (Å²) in [6.45, 7) is 5.77. The van der Waals surface area contributed by atoms with Gasteiger partial charge < -0.3 is 0 Å². The van der Waals surface area contributed by atoms with E-state index < -0.39 is 0 Å². The maximum atomic E-state index is 11.0. The lowest BCUT2D eigenvalue weighted by Gasteiger charge is -2.05. The van der Waals surface area contributed by atoms with Crippen molar-refractivity contribution >= 4 is 5.69 Å². The van der Waals surface area contributed by atoms with E-state index in [0.29, 0.717) is 5.69 Å². The highest BCUT2D eigenvalue weighted by Gasteiger charge is 2.18. The molecule has 0 fully saturated rings. The second-order valence-corrected chi connectivity index (χ2v) is 3.95. The zero-order valence-corrected chi connectivity index (χ0v) is 9.97. The zero-order valence-electron chi connectivity index (χ0n) is 9.97. The van der Waals surface area contributed by atoms with Crippen LogP contribution in [0.1, 0.15) is 17.0 Å². The van der Waals surface area contributed by atoms with Gasteiger partial charge in [0.05, 0.1) is 10.6 Å². The summed E-state index contributed by atoms with van der Waals surface area (Å²) < 4.78 is 1.63. The molecular weight excluding hydrogens is 218 g/mol. The minimum absolute atomic E-state index is 0.0677. The van der Waals surface area contributed by atoms with Gasteiger partial charge in [0.1, 0.15) is 5.69 Å². The van der Waals surface area contributed by atoms with E-state index in [1.807, 2.05) is 20.8 Å². The third kappa shape index (κ3) is 1.80. The highest BCUT2D eigenvalue weighted by atomic mass is 16.6. The summed E-state index contributed by atoms with van der Waals surface area (Å²) in [5.41, 5.74) is 3.45. The van der Waals surface area contributed by atoms with E-state index in [4.69, 9.17) is 0 Å². The van der Waals surface area contributed by atoms with Crippen molar-refractivity contribution in [2.75, 3.05) is 0 Å². The minimum Gasteiger partial charge on any atom is -0.258 e. The molecule has 0 N–H and O–H groups in total. The van der Waals surface area contributed by atoms with E-state index in [1.165, 1.54) is 6.07 Å². The van der Waals surface area contributed by atoms with Crippen LogP contribution in [0.15, 0.2) is 24.3 Å². The Morgan fingerprint density at radius 3 is 2.41 bits per heavy atom. The maximum Gasteiger partial charge on any atom is 0.294 e. The molecule has 0 amide bonds. The van der Waals surface area contributed by atoms with E-state index in [9.17, 15) is 10.1 Å². The fraction of sp³-hybridized carbons (Fsp3) is 0.250. The lowest BCUT2D eigenvalue weighted by Crippen LogP contribution is -2.03. The van der Waals surface area contributed by atoms with E-state index in [2.05, 4.69) is 5.10 Å². The molecule has 17 heavy (non-hydrogen) atoms. The van der Waals surface area contributed by atoms with Gasteiger partial charge in [-0.2, -0.15) is 5.10 Å². The highest BCUT2D eigenvalue weighted by molar-refractivity contribution is 5.53. The Morgan fingerprint density at radius 2 is 1.88 bits per heavy atom. The molecule has 1 heterocycles. The molecular formula is C12H13N3O2. The number of nitrogens with zero attached hydrogens (tertiary/aromatic N) is 3. The molecule has 0 aliphatic rings. The van der Waals surface area contributed by atoms with Gasteiger partial charge in [-0.15, -0.1) is 0 Å². The predicted octanol–water partition coefficient (Wildman–Crippen LogP) is 2.71. The third-order valence-electron chi connectivity index (χ3n) is 2.96. The molecule has 0 aliphatic carbocycles. The molecule has 0 unspecified atom stereocenters. The number of hydrogen-bond acceptors (Lipinski definition) is 3. The molecule has 0 spiro atoms. The summed E-state index contributed by atoms with van der Waals surface area (Å²) in [6, 6.07) is 6.62. The first-order chi connectivity index (χ1) is 8.02. The Kier molecular flexibility index (Phi) is 2.67. The second kappa shape index (κ2) is 4.01. The molecule has 0 atom stereocenters. The maximum absolute atomic E-state index is 11.0. The van der Waals surface area contributed by atoms with Crippen LogP contribution in [0.4, 0.5) is 5.69 Å². The number of aryl methyl sites for hydroxylation is 1. The van der Waals surface area contributed by atoms with Gasteiger partial charge in [0.15, 0.2) is 0 Å². The molecule has 88 valence electrons. The van der Waals surface area contributed by atoms with Crippen molar-refractivity contribution in [2.45, 2.75) is 20.8 Å². The van der Waals surface area contributed by atoms with Crippen LogP contribution in [0.3, 0.4) is 0 Å². The Balaban J connectivity index is 2.68. The van der Waals surface area contributed by atoms with Crippen molar-refractivity contribution < 1.29 is 4.92 Å². The Hall–Kier alpha value is -2.17. The van der Waals surface area contributed by atoms with Crippen LogP contribution in [0.5, 0.6) is 0 Å². The molecule has 0 radical (unpaired) electrons. The van der Waals surface area contributed by atoms with Crippen LogP contribution in [0, 0.1) is 30.9 Å². The fourth-order valence-corrected chi connectivity index (χ4v) is 1.75. The molecule has 5 heteroatoms. The molecule has 1 aromatic carbocycles. The van der Waals surface area contributed by atoms with E-state index >= 15 is 0 Å². The third-order valence-corrected chi connectivity index (χ3v) is 2.96. The summed E-state index contributed by atoms with van der Waals surface area (Å²) in [7, 11) is 0. The molecule has 2 rings (SSSR count). The van der Waals surface area contributed by atoms with Crippen molar-refractivity contribution in [2.24, 2.45) is 0 Å². The number of rotatable bonds is 2. The van der Waals surface area contributed by atoms with E-state index in [1.54, 1.807) is 22.9 Å². The Morgan fingerprint density at radius 1 is 1.24 bits per heavy atom. The van der Waals surface area contributed by atoms with Crippen LogP contribution < -0.4 is 0 Å². The number of aromatic nitrogens is 2. The van der Waals surface area contributed by atoms with Gasteiger partial charge in [0.25, 0.3) is 5.69 Å². The monoisotopic (exact) mass is 231 g/mol. The van der Waals surface area contributed by atoms with Gasteiger partial charge in [0, 0.05) is 11.8 Å². The number of nitro groups is 1. The van der Waals surface area contributed by atoms with Crippen LogP contribution in [-0.4, -0.2) is 14.7 Å². The number of para-hydroxylation sites is 2. The largest absolute Gasteiger partial charge is 0.294 e. The summed E-state index contributed by atoms with van der Waals surface area (Å²) >= 11 is 0. The smallest absolute Gasteiger partial charge is 0.258 e. The van der Waals surface area contributed by atoms with Crippen LogP contribution in [0.2, 0.25) is 0 Å². The van der Waals surface area contributed by atoms with Crippen molar-refractivity contribution in [3.63, 3.8) is 0 Å². The summed E-state index contributed by atoms with van der Waals surface area (Å²) in [4.78, 5) is 10.6. The lowest BCUT2D eigenvalue weighted by molar-refractivity contribution is -0.384. The molecule has 0 aliphatic heterocycles. The number of nitro benzene ring substituents is 1. The van der Waals surface area contributed by atoms with E-state index in [-0.39, 0.29) is 10.6 Å². The van der Waals surface area contributed by atoms with Gasteiger partial charge >= 0.3 is 0 Å². The first-order valence-corrected chi connectivity index (χ1v) is 5.29. The van der Waals surface area contributed by atoms with Crippen molar-refractivity contribution in [3.8, 4) is 5.69 Å². The number of hydrogen-bond donors (Lipinski definition) is 0. The Labute approximate surface area is 98.8 Å². The fourth-order valence-electron chi connectivity index (χ4n) is 1.75. The molecule has 1 aromatic heterocycles.